The van der Waals surface area contributed by atoms with Crippen molar-refractivity contribution in [2.24, 2.45) is 4.99 Å². The summed E-state index contributed by atoms with van der Waals surface area (Å²) in [6.45, 7) is 0.400. The minimum absolute atomic E-state index is 0.269. The lowest BCUT2D eigenvalue weighted by molar-refractivity contribution is -0.115. The van der Waals surface area contributed by atoms with Crippen LogP contribution in [0, 0.1) is 0 Å². The summed E-state index contributed by atoms with van der Waals surface area (Å²) in [6, 6.07) is 20.1. The number of alkyl halides is 3. The number of rotatable bonds is 9. The maximum absolute atomic E-state index is 12.5. The second-order valence-corrected chi connectivity index (χ2v) is 12.3. The van der Waals surface area contributed by atoms with Crippen LogP contribution >= 0.6 is 11.8 Å². The van der Waals surface area contributed by atoms with Crippen LogP contribution in [0.3, 0.4) is 0 Å². The third kappa shape index (κ3) is 7.65. The van der Waals surface area contributed by atoms with Crippen molar-refractivity contribution in [2.75, 3.05) is 4.72 Å². The first kappa shape index (κ1) is 29.5. The molecule has 1 heterocycles. The third-order valence-electron chi connectivity index (χ3n) is 6.42. The van der Waals surface area contributed by atoms with Crippen LogP contribution in [0.5, 0.6) is 11.5 Å². The number of sulfonamides is 1. The molecule has 42 heavy (non-hydrogen) atoms. The second-order valence-electron chi connectivity index (χ2n) is 9.61. The molecule has 0 radical (unpaired) electrons. The Labute approximate surface area is 245 Å². The average Bonchev–Trinajstić information content (AvgIpc) is 3.58. The summed E-state index contributed by atoms with van der Waals surface area (Å²) in [5.74, 6) is 1.20. The van der Waals surface area contributed by atoms with Gasteiger partial charge in [0.1, 0.15) is 18.1 Å². The molecular formula is C29H26F3N3O5S2. The molecule has 0 aromatic heterocycles. The number of halogens is 3. The maximum Gasteiger partial charge on any atom is 0.516 e. The van der Waals surface area contributed by atoms with Crippen LogP contribution in [0.4, 0.5) is 24.5 Å². The van der Waals surface area contributed by atoms with E-state index in [1.165, 1.54) is 29.7 Å². The number of nitrogens with one attached hydrogen (secondary N) is 2. The van der Waals surface area contributed by atoms with E-state index in [9.17, 15) is 26.4 Å². The molecule has 0 spiro atoms. The summed E-state index contributed by atoms with van der Waals surface area (Å²) in [5.41, 5.74) is -3.59. The number of hydrogen-bond acceptors (Lipinski definition) is 7. The number of carbonyl (C=O) groups is 1. The highest BCUT2D eigenvalue weighted by Gasteiger charge is 2.46. The SMILES string of the molecule is O=C1NC(=Nc2ccc(NS(=O)(=O)C(F)(F)F)cc2)S/C1=C/c1ccc(OCc2ccc(OC3CCCC3)cc2)cc1. The van der Waals surface area contributed by atoms with Crippen molar-refractivity contribution >= 4 is 50.3 Å². The normalized spacial score (nSPS) is 17.9. The molecule has 0 atom stereocenters. The molecule has 5 rings (SSSR count). The Morgan fingerprint density at radius 2 is 1.60 bits per heavy atom. The van der Waals surface area contributed by atoms with Crippen LogP contribution in [-0.4, -0.2) is 31.1 Å². The fraction of sp³-hybridized carbons (Fsp3) is 0.241. The predicted molar refractivity (Wildman–Crippen MR) is 156 cm³/mol. The second kappa shape index (κ2) is 12.5. The number of nitrogens with zero attached hydrogens (tertiary/aromatic N) is 1. The van der Waals surface area contributed by atoms with Crippen LogP contribution < -0.4 is 19.5 Å². The third-order valence-corrected chi connectivity index (χ3v) is 8.44. The molecule has 2 aliphatic rings. The largest absolute Gasteiger partial charge is 0.516 e. The summed E-state index contributed by atoms with van der Waals surface area (Å²) in [4.78, 5) is 17.1. The summed E-state index contributed by atoms with van der Waals surface area (Å²) >= 11 is 1.10. The van der Waals surface area contributed by atoms with Crippen LogP contribution in [0.25, 0.3) is 6.08 Å². The monoisotopic (exact) mass is 617 g/mol. The van der Waals surface area contributed by atoms with Gasteiger partial charge in [0.05, 0.1) is 16.7 Å². The van der Waals surface area contributed by atoms with Crippen molar-refractivity contribution in [3.63, 3.8) is 0 Å². The zero-order valence-electron chi connectivity index (χ0n) is 22.1. The first-order chi connectivity index (χ1) is 20.0. The fourth-order valence-corrected chi connectivity index (χ4v) is 5.66. The van der Waals surface area contributed by atoms with Crippen LogP contribution in [0.1, 0.15) is 36.8 Å². The standard InChI is InChI=1S/C29H26F3N3O5S2/c30-29(31,32)42(37,38)35-22-11-9-21(10-12-22)33-28-34-27(36)26(41-28)17-19-5-13-23(14-6-19)39-18-20-7-15-25(16-8-20)40-24-3-1-2-4-24/h5-17,24,35H,1-4,18H2,(H,33,34,36)/b26-17+. The molecule has 2 N–H and O–H groups in total. The van der Waals surface area contributed by atoms with E-state index in [0.29, 0.717) is 29.1 Å². The molecule has 13 heteroatoms. The van der Waals surface area contributed by atoms with Gasteiger partial charge in [-0.15, -0.1) is 0 Å². The quantitative estimate of drug-likeness (QED) is 0.258. The number of ether oxygens (including phenoxy) is 2. The van der Waals surface area contributed by atoms with Gasteiger partial charge in [0.2, 0.25) is 0 Å². The molecule has 3 aromatic rings. The highest BCUT2D eigenvalue weighted by molar-refractivity contribution is 8.18. The molecular weight excluding hydrogens is 591 g/mol. The van der Waals surface area contributed by atoms with Crippen LogP contribution in [0.15, 0.2) is 82.7 Å². The van der Waals surface area contributed by atoms with E-state index >= 15 is 0 Å². The van der Waals surface area contributed by atoms with E-state index in [1.807, 2.05) is 48.5 Å². The molecule has 1 saturated heterocycles. The molecule has 1 saturated carbocycles. The molecule has 1 amide bonds. The van der Waals surface area contributed by atoms with Crippen molar-refractivity contribution in [2.45, 2.75) is 43.9 Å². The number of hydrogen-bond donors (Lipinski definition) is 2. The average molecular weight is 618 g/mol. The Balaban J connectivity index is 1.14. The zero-order chi connectivity index (χ0) is 29.7. The van der Waals surface area contributed by atoms with Crippen LogP contribution in [0.2, 0.25) is 0 Å². The molecule has 0 unspecified atom stereocenters. The zero-order valence-corrected chi connectivity index (χ0v) is 23.7. The molecule has 0 bridgehead atoms. The molecule has 2 fully saturated rings. The molecule has 220 valence electrons. The van der Waals surface area contributed by atoms with Gasteiger partial charge >= 0.3 is 15.5 Å². The highest BCUT2D eigenvalue weighted by Crippen LogP contribution is 2.30. The number of anilines is 1. The highest BCUT2D eigenvalue weighted by atomic mass is 32.2. The smallest absolute Gasteiger partial charge is 0.490 e. The Morgan fingerprint density at radius 1 is 0.952 bits per heavy atom. The first-order valence-electron chi connectivity index (χ1n) is 13.0. The summed E-state index contributed by atoms with van der Waals surface area (Å²) in [6.07, 6.45) is 6.68. The van der Waals surface area contributed by atoms with E-state index in [4.69, 9.17) is 9.47 Å². The molecule has 3 aromatic carbocycles. The number of amidine groups is 1. The van der Waals surface area contributed by atoms with Crippen LogP contribution in [-0.2, 0) is 21.4 Å². The summed E-state index contributed by atoms with van der Waals surface area (Å²) in [7, 11) is -5.52. The van der Waals surface area contributed by atoms with E-state index in [0.717, 1.165) is 53.6 Å². The van der Waals surface area contributed by atoms with Crippen molar-refractivity contribution in [3.8, 4) is 11.5 Å². The Bertz CT molecular complexity index is 1580. The van der Waals surface area contributed by atoms with Crippen molar-refractivity contribution in [1.82, 2.24) is 5.32 Å². The Kier molecular flexibility index (Phi) is 8.78. The van der Waals surface area contributed by atoms with Crippen molar-refractivity contribution in [1.29, 1.82) is 0 Å². The maximum atomic E-state index is 12.5. The lowest BCUT2D eigenvalue weighted by Crippen LogP contribution is -2.29. The molecule has 8 nitrogen and oxygen atoms in total. The lowest BCUT2D eigenvalue weighted by atomic mass is 10.2. The van der Waals surface area contributed by atoms with Gasteiger partial charge in [0.15, 0.2) is 5.17 Å². The number of carbonyl (C=O) groups excluding carboxylic acids is 1. The summed E-state index contributed by atoms with van der Waals surface area (Å²) in [5, 5.41) is 2.90. The minimum Gasteiger partial charge on any atom is -0.490 e. The summed E-state index contributed by atoms with van der Waals surface area (Å²) < 4.78 is 73.5. The van der Waals surface area contributed by atoms with Crippen molar-refractivity contribution in [3.05, 3.63) is 88.8 Å². The van der Waals surface area contributed by atoms with Gasteiger partial charge in [-0.25, -0.2) is 4.99 Å². The number of aliphatic imine (C=N–C) groups is 1. The molecule has 1 aliphatic heterocycles. The first-order valence-corrected chi connectivity index (χ1v) is 15.3. The van der Waals surface area contributed by atoms with E-state index in [1.54, 1.807) is 6.08 Å². The van der Waals surface area contributed by atoms with Gasteiger partial charge in [0, 0.05) is 5.69 Å². The fourth-order valence-electron chi connectivity index (χ4n) is 4.26. The number of amides is 1. The van der Waals surface area contributed by atoms with E-state index < -0.39 is 15.5 Å². The van der Waals surface area contributed by atoms with Gasteiger partial charge in [-0.3, -0.25) is 9.52 Å². The van der Waals surface area contributed by atoms with Crippen molar-refractivity contribution < 1.29 is 35.9 Å². The van der Waals surface area contributed by atoms with Gasteiger partial charge in [-0.05, 0) is 103 Å². The lowest BCUT2D eigenvalue weighted by Gasteiger charge is -2.13. The van der Waals surface area contributed by atoms with Gasteiger partial charge in [-0.2, -0.15) is 21.6 Å². The predicted octanol–water partition coefficient (Wildman–Crippen LogP) is 6.74. The van der Waals surface area contributed by atoms with Gasteiger partial charge in [-0.1, -0.05) is 24.3 Å². The number of thioether (sulfide) groups is 1. The van der Waals surface area contributed by atoms with E-state index in [2.05, 4.69) is 10.3 Å². The molecule has 1 aliphatic carbocycles. The topological polar surface area (TPSA) is 106 Å². The van der Waals surface area contributed by atoms with E-state index in [-0.39, 0.29) is 16.8 Å². The minimum atomic E-state index is -5.52. The Morgan fingerprint density at radius 3 is 2.24 bits per heavy atom. The van der Waals surface area contributed by atoms with Gasteiger partial charge < -0.3 is 14.8 Å². The number of benzene rings is 3. The van der Waals surface area contributed by atoms with Gasteiger partial charge in [0.25, 0.3) is 5.91 Å². The Hall–Kier alpha value is -3.97.